The number of anilines is 1. The molecule has 0 saturated heterocycles. The van der Waals surface area contributed by atoms with Gasteiger partial charge in [0.15, 0.2) is 0 Å². The molecule has 6 heteroatoms. The third-order valence-electron chi connectivity index (χ3n) is 2.95. The Hall–Kier alpha value is -2.37. The molecule has 1 aromatic carbocycles. The number of imidazole rings is 1. The van der Waals surface area contributed by atoms with Crippen LogP contribution in [0.2, 0.25) is 0 Å². The molecule has 106 valence electrons. The number of para-hydroxylation sites is 1. The van der Waals surface area contributed by atoms with Crippen molar-refractivity contribution in [2.24, 2.45) is 0 Å². The minimum Gasteiger partial charge on any atom is -0.478 e. The van der Waals surface area contributed by atoms with Gasteiger partial charge in [0.2, 0.25) is 0 Å². The number of aryl methyl sites for hydroxylation is 1. The number of benzene rings is 1. The second kappa shape index (κ2) is 6.70. The predicted molar refractivity (Wildman–Crippen MR) is 73.3 cm³/mol. The van der Waals surface area contributed by atoms with Crippen molar-refractivity contribution < 1.29 is 14.3 Å². The zero-order valence-corrected chi connectivity index (χ0v) is 10.9. The second-order valence-electron chi connectivity index (χ2n) is 4.40. The van der Waals surface area contributed by atoms with Crippen LogP contribution in [0.5, 0.6) is 0 Å². The molecule has 0 bridgehead atoms. The maximum Gasteiger partial charge on any atom is 0.337 e. The molecule has 0 amide bonds. The number of carboxylic acids is 1. The van der Waals surface area contributed by atoms with Crippen LogP contribution in [0.25, 0.3) is 0 Å². The number of aromatic carboxylic acids is 1. The fourth-order valence-corrected chi connectivity index (χ4v) is 1.93. The first-order chi connectivity index (χ1) is 9.68. The SMILES string of the molecule is O=C(O)c1cccc(F)c1NCCCCn1ccnc1. The minimum absolute atomic E-state index is 0.0420. The minimum atomic E-state index is -1.13. The van der Waals surface area contributed by atoms with Gasteiger partial charge in [-0.25, -0.2) is 14.2 Å². The predicted octanol–water partition coefficient (Wildman–Crippen LogP) is 2.61. The van der Waals surface area contributed by atoms with Crippen molar-refractivity contribution in [1.82, 2.24) is 9.55 Å². The van der Waals surface area contributed by atoms with Crippen molar-refractivity contribution in [3.63, 3.8) is 0 Å². The van der Waals surface area contributed by atoms with Crippen molar-refractivity contribution in [3.05, 3.63) is 48.3 Å². The van der Waals surface area contributed by atoms with Gasteiger partial charge in [0.05, 0.1) is 17.6 Å². The lowest BCUT2D eigenvalue weighted by Gasteiger charge is -2.10. The number of unbranched alkanes of at least 4 members (excludes halogenated alkanes) is 1. The zero-order valence-electron chi connectivity index (χ0n) is 10.9. The molecule has 0 aliphatic carbocycles. The highest BCUT2D eigenvalue weighted by Gasteiger charge is 2.13. The molecule has 2 rings (SSSR count). The van der Waals surface area contributed by atoms with Crippen LogP contribution in [-0.2, 0) is 6.54 Å². The van der Waals surface area contributed by atoms with E-state index >= 15 is 0 Å². The van der Waals surface area contributed by atoms with Crippen LogP contribution in [0.4, 0.5) is 10.1 Å². The summed E-state index contributed by atoms with van der Waals surface area (Å²) in [5.41, 5.74) is 0.0160. The lowest BCUT2D eigenvalue weighted by atomic mass is 10.1. The van der Waals surface area contributed by atoms with Gasteiger partial charge in [-0.15, -0.1) is 0 Å². The third kappa shape index (κ3) is 3.57. The van der Waals surface area contributed by atoms with Gasteiger partial charge in [-0.05, 0) is 25.0 Å². The van der Waals surface area contributed by atoms with E-state index in [4.69, 9.17) is 5.11 Å². The molecule has 0 radical (unpaired) electrons. The quantitative estimate of drug-likeness (QED) is 0.763. The summed E-state index contributed by atoms with van der Waals surface area (Å²) in [7, 11) is 0. The van der Waals surface area contributed by atoms with E-state index in [1.165, 1.54) is 18.2 Å². The smallest absolute Gasteiger partial charge is 0.337 e. The Bertz CT molecular complexity index is 570. The van der Waals surface area contributed by atoms with E-state index in [9.17, 15) is 9.18 Å². The number of hydrogen-bond acceptors (Lipinski definition) is 3. The number of aromatic nitrogens is 2. The van der Waals surface area contributed by atoms with Gasteiger partial charge in [0, 0.05) is 25.5 Å². The second-order valence-corrected chi connectivity index (χ2v) is 4.40. The molecule has 0 fully saturated rings. The molecule has 0 spiro atoms. The normalized spacial score (nSPS) is 10.4. The average Bonchev–Trinajstić information content (AvgIpc) is 2.92. The molecule has 2 N–H and O–H groups in total. The van der Waals surface area contributed by atoms with Crippen LogP contribution < -0.4 is 5.32 Å². The molecule has 2 aromatic rings. The van der Waals surface area contributed by atoms with E-state index in [-0.39, 0.29) is 11.3 Å². The number of nitrogens with one attached hydrogen (secondary N) is 1. The standard InChI is InChI=1S/C14H16FN3O2/c15-12-5-3-4-11(14(19)20)13(12)17-6-1-2-8-18-9-7-16-10-18/h3-5,7,9-10,17H,1-2,6,8H2,(H,19,20). The van der Waals surface area contributed by atoms with Crippen LogP contribution in [-0.4, -0.2) is 27.2 Å². The summed E-state index contributed by atoms with van der Waals surface area (Å²) in [6.45, 7) is 1.36. The molecule has 0 saturated carbocycles. The van der Waals surface area contributed by atoms with E-state index in [1.807, 2.05) is 10.8 Å². The molecular formula is C14H16FN3O2. The summed E-state index contributed by atoms with van der Waals surface area (Å²) in [5, 5.41) is 11.9. The van der Waals surface area contributed by atoms with Gasteiger partial charge < -0.3 is 15.0 Å². The van der Waals surface area contributed by atoms with E-state index in [0.717, 1.165) is 19.4 Å². The topological polar surface area (TPSA) is 67.2 Å². The van der Waals surface area contributed by atoms with Crippen LogP contribution in [0, 0.1) is 5.82 Å². The fraction of sp³-hybridized carbons (Fsp3) is 0.286. The molecule has 20 heavy (non-hydrogen) atoms. The summed E-state index contributed by atoms with van der Waals surface area (Å²) < 4.78 is 15.6. The zero-order chi connectivity index (χ0) is 14.4. The first-order valence-electron chi connectivity index (χ1n) is 6.40. The monoisotopic (exact) mass is 277 g/mol. The van der Waals surface area contributed by atoms with Gasteiger partial charge in [-0.3, -0.25) is 0 Å². The van der Waals surface area contributed by atoms with Crippen molar-refractivity contribution in [3.8, 4) is 0 Å². The van der Waals surface area contributed by atoms with Gasteiger partial charge in [-0.2, -0.15) is 0 Å². The Morgan fingerprint density at radius 1 is 1.40 bits per heavy atom. The molecule has 0 aliphatic rings. The molecule has 0 aliphatic heterocycles. The Morgan fingerprint density at radius 2 is 2.25 bits per heavy atom. The van der Waals surface area contributed by atoms with E-state index < -0.39 is 11.8 Å². The van der Waals surface area contributed by atoms with Crippen LogP contribution in [0.15, 0.2) is 36.9 Å². The van der Waals surface area contributed by atoms with Crippen LogP contribution in [0.1, 0.15) is 23.2 Å². The number of halogens is 1. The van der Waals surface area contributed by atoms with Gasteiger partial charge >= 0.3 is 5.97 Å². The number of carboxylic acid groups (broad SMARTS) is 1. The summed E-state index contributed by atoms with van der Waals surface area (Å²) in [5.74, 6) is -1.68. The Kier molecular flexibility index (Phi) is 4.70. The van der Waals surface area contributed by atoms with Crippen LogP contribution in [0.3, 0.4) is 0 Å². The van der Waals surface area contributed by atoms with Gasteiger partial charge in [-0.1, -0.05) is 6.07 Å². The first-order valence-corrected chi connectivity index (χ1v) is 6.40. The molecule has 5 nitrogen and oxygen atoms in total. The average molecular weight is 277 g/mol. The third-order valence-corrected chi connectivity index (χ3v) is 2.95. The fourth-order valence-electron chi connectivity index (χ4n) is 1.93. The van der Waals surface area contributed by atoms with Crippen molar-refractivity contribution >= 4 is 11.7 Å². The van der Waals surface area contributed by atoms with Gasteiger partial charge in [0.1, 0.15) is 5.82 Å². The van der Waals surface area contributed by atoms with E-state index in [2.05, 4.69) is 10.3 Å². The highest BCUT2D eigenvalue weighted by Crippen LogP contribution is 2.19. The highest BCUT2D eigenvalue weighted by atomic mass is 19.1. The number of nitrogens with zero attached hydrogens (tertiary/aromatic N) is 2. The summed E-state index contributed by atoms with van der Waals surface area (Å²) >= 11 is 0. The molecule has 0 atom stereocenters. The van der Waals surface area contributed by atoms with Crippen molar-refractivity contribution in [1.29, 1.82) is 0 Å². The Balaban J connectivity index is 1.83. The maximum absolute atomic E-state index is 13.6. The number of hydrogen-bond donors (Lipinski definition) is 2. The van der Waals surface area contributed by atoms with Gasteiger partial charge in [0.25, 0.3) is 0 Å². The highest BCUT2D eigenvalue weighted by molar-refractivity contribution is 5.94. The Morgan fingerprint density at radius 3 is 2.95 bits per heavy atom. The lowest BCUT2D eigenvalue weighted by Crippen LogP contribution is -2.10. The largest absolute Gasteiger partial charge is 0.478 e. The lowest BCUT2D eigenvalue weighted by molar-refractivity contribution is 0.0697. The first kappa shape index (κ1) is 14.0. The summed E-state index contributed by atoms with van der Waals surface area (Å²) in [4.78, 5) is 14.9. The number of carbonyl (C=O) groups is 1. The maximum atomic E-state index is 13.6. The molecule has 0 unspecified atom stereocenters. The van der Waals surface area contributed by atoms with Crippen LogP contribution >= 0.6 is 0 Å². The summed E-state index contributed by atoms with van der Waals surface area (Å²) in [6, 6.07) is 4.03. The van der Waals surface area contributed by atoms with E-state index in [1.54, 1.807) is 12.5 Å². The Labute approximate surface area is 116 Å². The molecular weight excluding hydrogens is 261 g/mol. The molecule has 1 aromatic heterocycles. The number of rotatable bonds is 7. The molecule has 1 heterocycles. The van der Waals surface area contributed by atoms with Crippen molar-refractivity contribution in [2.75, 3.05) is 11.9 Å². The van der Waals surface area contributed by atoms with E-state index in [0.29, 0.717) is 6.54 Å². The van der Waals surface area contributed by atoms with Crippen molar-refractivity contribution in [2.45, 2.75) is 19.4 Å². The summed E-state index contributed by atoms with van der Waals surface area (Å²) in [6.07, 6.45) is 7.06.